The van der Waals surface area contributed by atoms with E-state index in [1.54, 1.807) is 0 Å². The van der Waals surface area contributed by atoms with Gasteiger partial charge < -0.3 is 10.2 Å². The fourth-order valence-electron chi connectivity index (χ4n) is 3.23. The monoisotopic (exact) mass is 170 g/mol. The average Bonchev–Trinajstić information content (AvgIpc) is 2.20. The summed E-state index contributed by atoms with van der Waals surface area (Å²) in [6, 6.07) is 0. The molecule has 0 radical (unpaired) electrons. The molecule has 0 aromatic rings. The molecule has 0 aromatic carbocycles. The molecule has 2 aliphatic rings. The Bertz CT molecular complexity index is 198. The molecule has 0 saturated heterocycles. The highest BCUT2D eigenvalue weighted by atomic mass is 16.3. The molecular formula is C10H18O2. The molecule has 0 heterocycles. The Balaban J connectivity index is 2.44. The second-order valence-electron chi connectivity index (χ2n) is 5.20. The van der Waals surface area contributed by atoms with E-state index in [4.69, 9.17) is 0 Å². The minimum absolute atomic E-state index is 0.103. The lowest BCUT2D eigenvalue weighted by Crippen LogP contribution is -2.44. The van der Waals surface area contributed by atoms with Crippen molar-refractivity contribution in [3.05, 3.63) is 0 Å². The average molecular weight is 170 g/mol. The Morgan fingerprint density at radius 1 is 1.00 bits per heavy atom. The number of fused-ring (bicyclic) bond motifs is 2. The van der Waals surface area contributed by atoms with Gasteiger partial charge in [-0.1, -0.05) is 20.8 Å². The van der Waals surface area contributed by atoms with Crippen LogP contribution in [0.2, 0.25) is 0 Å². The van der Waals surface area contributed by atoms with Gasteiger partial charge in [-0.2, -0.15) is 0 Å². The molecule has 12 heavy (non-hydrogen) atoms. The minimum atomic E-state index is -0.304. The van der Waals surface area contributed by atoms with Crippen LogP contribution in [0.25, 0.3) is 0 Å². The normalized spacial score (nSPS) is 56.2. The Kier molecular flexibility index (Phi) is 1.45. The molecular weight excluding hydrogens is 152 g/mol. The lowest BCUT2D eigenvalue weighted by atomic mass is 9.69. The van der Waals surface area contributed by atoms with Gasteiger partial charge in [-0.05, 0) is 24.2 Å². The predicted octanol–water partition coefficient (Wildman–Crippen LogP) is 1.16. The quantitative estimate of drug-likeness (QED) is 0.573. The van der Waals surface area contributed by atoms with Gasteiger partial charge in [0.15, 0.2) is 0 Å². The lowest BCUT2D eigenvalue weighted by Gasteiger charge is -2.39. The molecule has 2 saturated carbocycles. The Labute approximate surface area is 73.6 Å². The number of hydrogen-bond donors (Lipinski definition) is 2. The van der Waals surface area contributed by atoms with Crippen LogP contribution in [0.1, 0.15) is 33.6 Å². The van der Waals surface area contributed by atoms with Crippen molar-refractivity contribution in [2.24, 2.45) is 16.7 Å². The molecule has 2 N–H and O–H groups in total. The van der Waals surface area contributed by atoms with Crippen molar-refractivity contribution >= 4 is 0 Å². The van der Waals surface area contributed by atoms with Crippen molar-refractivity contribution in [2.75, 3.05) is 0 Å². The zero-order chi connectivity index (χ0) is 9.15. The Morgan fingerprint density at radius 3 is 1.58 bits per heavy atom. The predicted molar refractivity (Wildman–Crippen MR) is 46.6 cm³/mol. The van der Waals surface area contributed by atoms with Crippen molar-refractivity contribution in [1.82, 2.24) is 0 Å². The van der Waals surface area contributed by atoms with E-state index in [1.807, 2.05) is 6.92 Å². The van der Waals surface area contributed by atoms with Crippen LogP contribution in [-0.2, 0) is 0 Å². The maximum Gasteiger partial charge on any atom is 0.0626 e. The topological polar surface area (TPSA) is 40.5 Å². The largest absolute Gasteiger partial charge is 0.392 e. The summed E-state index contributed by atoms with van der Waals surface area (Å²) in [4.78, 5) is 0. The molecule has 2 aliphatic carbocycles. The van der Waals surface area contributed by atoms with Crippen LogP contribution >= 0.6 is 0 Å². The number of aliphatic hydroxyl groups excluding tert-OH is 2. The Morgan fingerprint density at radius 2 is 1.42 bits per heavy atom. The van der Waals surface area contributed by atoms with Gasteiger partial charge in [0.1, 0.15) is 0 Å². The van der Waals surface area contributed by atoms with Gasteiger partial charge in [0.2, 0.25) is 0 Å². The number of rotatable bonds is 0. The van der Waals surface area contributed by atoms with Crippen LogP contribution in [-0.4, -0.2) is 22.4 Å². The molecule has 2 fully saturated rings. The first-order chi connectivity index (χ1) is 5.40. The van der Waals surface area contributed by atoms with Crippen molar-refractivity contribution in [2.45, 2.75) is 45.8 Å². The van der Waals surface area contributed by atoms with Gasteiger partial charge in [0.25, 0.3) is 0 Å². The van der Waals surface area contributed by atoms with Gasteiger partial charge in [-0.25, -0.2) is 0 Å². The van der Waals surface area contributed by atoms with Gasteiger partial charge >= 0.3 is 0 Å². The van der Waals surface area contributed by atoms with E-state index in [2.05, 4.69) is 13.8 Å². The maximum absolute atomic E-state index is 9.82. The van der Waals surface area contributed by atoms with E-state index in [-0.39, 0.29) is 23.0 Å². The molecule has 2 heteroatoms. The molecule has 4 atom stereocenters. The van der Waals surface area contributed by atoms with Gasteiger partial charge in [0.05, 0.1) is 12.2 Å². The first kappa shape index (κ1) is 8.52. The van der Waals surface area contributed by atoms with Gasteiger partial charge in [0, 0.05) is 5.41 Å². The summed E-state index contributed by atoms with van der Waals surface area (Å²) in [7, 11) is 0. The van der Waals surface area contributed by atoms with E-state index < -0.39 is 0 Å². The third kappa shape index (κ3) is 0.647. The zero-order valence-corrected chi connectivity index (χ0v) is 8.04. The van der Waals surface area contributed by atoms with E-state index in [0.717, 1.165) is 12.8 Å². The van der Waals surface area contributed by atoms with Crippen LogP contribution in [0.4, 0.5) is 0 Å². The molecule has 0 aromatic heterocycles. The fourth-order valence-corrected chi connectivity index (χ4v) is 3.23. The van der Waals surface area contributed by atoms with Gasteiger partial charge in [-0.15, -0.1) is 0 Å². The highest BCUT2D eigenvalue weighted by Crippen LogP contribution is 2.65. The summed E-state index contributed by atoms with van der Waals surface area (Å²) in [6.45, 7) is 6.36. The molecule has 0 aliphatic heterocycles. The SMILES string of the molecule is CC1(C)C2C[C@@H](O)C1(C)[C@@H](O)C2. The molecule has 2 unspecified atom stereocenters. The third-order valence-electron chi connectivity index (χ3n) is 4.81. The van der Waals surface area contributed by atoms with Crippen LogP contribution in [0.5, 0.6) is 0 Å². The summed E-state index contributed by atoms with van der Waals surface area (Å²) in [5.74, 6) is 0.507. The van der Waals surface area contributed by atoms with Crippen molar-refractivity contribution in [3.63, 3.8) is 0 Å². The van der Waals surface area contributed by atoms with Crippen LogP contribution < -0.4 is 0 Å². The first-order valence-corrected chi connectivity index (χ1v) is 4.77. The van der Waals surface area contributed by atoms with Crippen LogP contribution in [0.3, 0.4) is 0 Å². The summed E-state index contributed by atoms with van der Waals surface area (Å²) < 4.78 is 0. The summed E-state index contributed by atoms with van der Waals surface area (Å²) in [5.41, 5.74) is -0.163. The van der Waals surface area contributed by atoms with Crippen molar-refractivity contribution in [3.8, 4) is 0 Å². The third-order valence-corrected chi connectivity index (χ3v) is 4.81. The highest BCUT2D eigenvalue weighted by Gasteiger charge is 2.65. The molecule has 2 nitrogen and oxygen atoms in total. The smallest absolute Gasteiger partial charge is 0.0626 e. The molecule has 70 valence electrons. The summed E-state index contributed by atoms with van der Waals surface area (Å²) in [6.07, 6.45) is 1.14. The molecule has 2 rings (SSSR count). The Hall–Kier alpha value is -0.0800. The van der Waals surface area contributed by atoms with E-state index in [0.29, 0.717) is 5.92 Å². The van der Waals surface area contributed by atoms with E-state index >= 15 is 0 Å². The molecule has 0 spiro atoms. The summed E-state index contributed by atoms with van der Waals surface area (Å²) >= 11 is 0. The standard InChI is InChI=1S/C10H18O2/c1-9(2)6-4-7(11)10(9,3)8(12)5-6/h6-8,11-12H,4-5H2,1-3H3/t6?,7-,8+,10?. The summed E-state index contributed by atoms with van der Waals surface area (Å²) in [5, 5.41) is 19.6. The van der Waals surface area contributed by atoms with Crippen LogP contribution in [0.15, 0.2) is 0 Å². The van der Waals surface area contributed by atoms with E-state index in [1.165, 1.54) is 0 Å². The first-order valence-electron chi connectivity index (χ1n) is 4.77. The van der Waals surface area contributed by atoms with Crippen LogP contribution in [0, 0.1) is 16.7 Å². The lowest BCUT2D eigenvalue weighted by molar-refractivity contribution is -0.0712. The second kappa shape index (κ2) is 2.05. The second-order valence-corrected chi connectivity index (χ2v) is 5.20. The van der Waals surface area contributed by atoms with E-state index in [9.17, 15) is 10.2 Å². The minimum Gasteiger partial charge on any atom is -0.392 e. The number of aliphatic hydroxyl groups is 2. The van der Waals surface area contributed by atoms with Gasteiger partial charge in [-0.3, -0.25) is 0 Å². The fraction of sp³-hybridized carbons (Fsp3) is 1.00. The highest BCUT2D eigenvalue weighted by molar-refractivity contribution is 5.14. The molecule has 2 bridgehead atoms. The maximum atomic E-state index is 9.82. The molecule has 0 amide bonds. The number of hydrogen-bond acceptors (Lipinski definition) is 2. The van der Waals surface area contributed by atoms with Crippen molar-refractivity contribution < 1.29 is 10.2 Å². The zero-order valence-electron chi connectivity index (χ0n) is 8.04. The van der Waals surface area contributed by atoms with Crippen molar-refractivity contribution in [1.29, 1.82) is 0 Å².